The summed E-state index contributed by atoms with van der Waals surface area (Å²) in [7, 11) is 0. The van der Waals surface area contributed by atoms with Gasteiger partial charge in [0.15, 0.2) is 11.6 Å². The van der Waals surface area contributed by atoms with E-state index in [-0.39, 0.29) is 22.9 Å². The first-order valence-electron chi connectivity index (χ1n) is 8.42. The number of benzene rings is 2. The van der Waals surface area contributed by atoms with Gasteiger partial charge in [0.05, 0.1) is 16.7 Å². The van der Waals surface area contributed by atoms with E-state index in [0.29, 0.717) is 17.3 Å². The largest absolute Gasteiger partial charge is 0.506 e. The Kier molecular flexibility index (Phi) is 4.24. The Morgan fingerprint density at radius 1 is 1.07 bits per heavy atom. The number of hydrogen-bond acceptors (Lipinski definition) is 5. The molecule has 28 heavy (non-hydrogen) atoms. The normalized spacial score (nSPS) is 10.8. The predicted molar refractivity (Wildman–Crippen MR) is 104 cm³/mol. The molecule has 9 nitrogen and oxygen atoms in total. The standard InChI is InChI=1S/C19H16N6O3/c1-10(26)20-14-8-11(6-7-16(14)27)19(28)23-17-9-15(24-25-17)18-21-12-4-2-3-5-13(12)22-18/h2-9,27H,1H3,(H,20,26)(H,21,22)(H2,23,24,25,28). The van der Waals surface area contributed by atoms with Crippen molar-refractivity contribution in [3.05, 3.63) is 54.1 Å². The van der Waals surface area contributed by atoms with Gasteiger partial charge in [-0.25, -0.2) is 4.98 Å². The number of anilines is 2. The number of H-pyrrole nitrogens is 2. The van der Waals surface area contributed by atoms with Crippen molar-refractivity contribution in [3.8, 4) is 17.3 Å². The van der Waals surface area contributed by atoms with Gasteiger partial charge in [-0.15, -0.1) is 0 Å². The molecule has 9 heteroatoms. The molecule has 0 saturated carbocycles. The smallest absolute Gasteiger partial charge is 0.256 e. The van der Waals surface area contributed by atoms with Gasteiger partial charge in [-0.1, -0.05) is 12.1 Å². The van der Waals surface area contributed by atoms with E-state index in [1.807, 2.05) is 24.3 Å². The lowest BCUT2D eigenvalue weighted by molar-refractivity contribution is -0.114. The first-order chi connectivity index (χ1) is 13.5. The minimum Gasteiger partial charge on any atom is -0.506 e. The van der Waals surface area contributed by atoms with Gasteiger partial charge >= 0.3 is 0 Å². The van der Waals surface area contributed by atoms with Gasteiger partial charge in [-0.3, -0.25) is 14.7 Å². The van der Waals surface area contributed by atoms with Crippen molar-refractivity contribution in [3.63, 3.8) is 0 Å². The van der Waals surface area contributed by atoms with Crippen LogP contribution >= 0.6 is 0 Å². The van der Waals surface area contributed by atoms with E-state index in [4.69, 9.17) is 0 Å². The number of para-hydroxylation sites is 2. The van der Waals surface area contributed by atoms with Crippen LogP contribution in [-0.2, 0) is 4.79 Å². The number of aromatic hydroxyl groups is 1. The summed E-state index contributed by atoms with van der Waals surface area (Å²) in [6.45, 7) is 1.31. The number of imidazole rings is 1. The van der Waals surface area contributed by atoms with Crippen LogP contribution < -0.4 is 10.6 Å². The third-order valence-electron chi connectivity index (χ3n) is 4.03. The number of carbonyl (C=O) groups excluding carboxylic acids is 2. The summed E-state index contributed by atoms with van der Waals surface area (Å²) in [5, 5.41) is 21.8. The van der Waals surface area contributed by atoms with Crippen LogP contribution in [0.25, 0.3) is 22.6 Å². The zero-order valence-corrected chi connectivity index (χ0v) is 14.8. The number of aromatic nitrogens is 4. The van der Waals surface area contributed by atoms with Crippen LogP contribution in [0.5, 0.6) is 5.75 Å². The molecule has 0 fully saturated rings. The van der Waals surface area contributed by atoms with Crippen molar-refractivity contribution in [2.24, 2.45) is 0 Å². The number of nitrogens with one attached hydrogen (secondary N) is 4. The molecule has 0 radical (unpaired) electrons. The summed E-state index contributed by atoms with van der Waals surface area (Å²) >= 11 is 0. The summed E-state index contributed by atoms with van der Waals surface area (Å²) in [4.78, 5) is 31.3. The van der Waals surface area contributed by atoms with Gasteiger partial charge in [-0.05, 0) is 30.3 Å². The fourth-order valence-electron chi connectivity index (χ4n) is 2.74. The number of amides is 2. The average Bonchev–Trinajstić information content (AvgIpc) is 3.29. The van der Waals surface area contributed by atoms with Crippen LogP contribution in [0.2, 0.25) is 0 Å². The Hall–Kier alpha value is -4.14. The Labute approximate surface area is 158 Å². The minimum absolute atomic E-state index is 0.126. The van der Waals surface area contributed by atoms with Crippen molar-refractivity contribution in [2.45, 2.75) is 6.92 Å². The number of carbonyl (C=O) groups is 2. The number of phenols is 1. The van der Waals surface area contributed by atoms with Crippen LogP contribution in [0.15, 0.2) is 48.5 Å². The number of hydrogen-bond donors (Lipinski definition) is 5. The highest BCUT2D eigenvalue weighted by Gasteiger charge is 2.14. The Balaban J connectivity index is 1.53. The summed E-state index contributed by atoms with van der Waals surface area (Å²) in [6.07, 6.45) is 0. The highest BCUT2D eigenvalue weighted by molar-refractivity contribution is 6.05. The second-order valence-electron chi connectivity index (χ2n) is 6.14. The molecule has 2 heterocycles. The second kappa shape index (κ2) is 6.88. The monoisotopic (exact) mass is 376 g/mol. The molecule has 0 saturated heterocycles. The lowest BCUT2D eigenvalue weighted by atomic mass is 10.1. The molecule has 0 atom stereocenters. The molecule has 4 aromatic rings. The third kappa shape index (κ3) is 3.40. The van der Waals surface area contributed by atoms with Crippen LogP contribution in [0.4, 0.5) is 11.5 Å². The molecular weight excluding hydrogens is 360 g/mol. The molecule has 0 bridgehead atoms. The van der Waals surface area contributed by atoms with Gasteiger partial charge in [0.1, 0.15) is 11.4 Å². The molecule has 2 amide bonds. The maximum absolute atomic E-state index is 12.5. The van der Waals surface area contributed by atoms with Crippen molar-refractivity contribution >= 4 is 34.4 Å². The van der Waals surface area contributed by atoms with Crippen molar-refractivity contribution in [1.82, 2.24) is 20.2 Å². The number of fused-ring (bicyclic) bond motifs is 1. The highest BCUT2D eigenvalue weighted by Crippen LogP contribution is 2.25. The van der Waals surface area contributed by atoms with Crippen LogP contribution in [0.1, 0.15) is 17.3 Å². The second-order valence-corrected chi connectivity index (χ2v) is 6.14. The molecule has 2 aromatic heterocycles. The first-order valence-corrected chi connectivity index (χ1v) is 8.42. The molecule has 0 aliphatic carbocycles. The SMILES string of the molecule is CC(=O)Nc1cc(C(=O)Nc2cc(-c3nc4ccccc4[nH]3)[nH]n2)ccc1O. The topological polar surface area (TPSA) is 136 Å². The number of phenolic OH excluding ortho intramolecular Hbond substituents is 1. The molecule has 0 aliphatic rings. The Bertz CT molecular complexity index is 1160. The van der Waals surface area contributed by atoms with E-state index in [1.165, 1.54) is 25.1 Å². The lowest BCUT2D eigenvalue weighted by Crippen LogP contribution is -2.13. The quantitative estimate of drug-likeness (QED) is 0.349. The molecule has 2 aromatic carbocycles. The lowest BCUT2D eigenvalue weighted by Gasteiger charge is -2.07. The molecular formula is C19H16N6O3. The van der Waals surface area contributed by atoms with Crippen molar-refractivity contribution in [1.29, 1.82) is 0 Å². The van der Waals surface area contributed by atoms with E-state index in [9.17, 15) is 14.7 Å². The van der Waals surface area contributed by atoms with Gasteiger partial charge in [0.2, 0.25) is 5.91 Å². The van der Waals surface area contributed by atoms with E-state index in [1.54, 1.807) is 6.07 Å². The van der Waals surface area contributed by atoms with E-state index in [2.05, 4.69) is 30.8 Å². The van der Waals surface area contributed by atoms with Crippen molar-refractivity contribution in [2.75, 3.05) is 10.6 Å². The highest BCUT2D eigenvalue weighted by atomic mass is 16.3. The minimum atomic E-state index is -0.436. The van der Waals surface area contributed by atoms with Gasteiger partial charge < -0.3 is 20.7 Å². The number of aromatic amines is 2. The number of nitrogens with zero attached hydrogens (tertiary/aromatic N) is 2. The van der Waals surface area contributed by atoms with Gasteiger partial charge in [0, 0.05) is 18.6 Å². The molecule has 5 N–H and O–H groups in total. The summed E-state index contributed by atoms with van der Waals surface area (Å²) < 4.78 is 0. The summed E-state index contributed by atoms with van der Waals surface area (Å²) in [6, 6.07) is 13.5. The van der Waals surface area contributed by atoms with Gasteiger partial charge in [0.25, 0.3) is 5.91 Å². The zero-order chi connectivity index (χ0) is 19.7. The van der Waals surface area contributed by atoms with E-state index in [0.717, 1.165) is 11.0 Å². The maximum atomic E-state index is 12.5. The van der Waals surface area contributed by atoms with Crippen LogP contribution in [0.3, 0.4) is 0 Å². The first kappa shape index (κ1) is 17.3. The Morgan fingerprint density at radius 3 is 2.68 bits per heavy atom. The zero-order valence-electron chi connectivity index (χ0n) is 14.8. The van der Waals surface area contributed by atoms with E-state index < -0.39 is 5.91 Å². The van der Waals surface area contributed by atoms with E-state index >= 15 is 0 Å². The molecule has 4 rings (SSSR count). The average molecular weight is 376 g/mol. The Morgan fingerprint density at radius 2 is 1.89 bits per heavy atom. The fraction of sp³-hybridized carbons (Fsp3) is 0.0526. The molecule has 0 unspecified atom stereocenters. The molecule has 0 spiro atoms. The summed E-state index contributed by atoms with van der Waals surface area (Å²) in [5.74, 6) is 0.00460. The third-order valence-corrected chi connectivity index (χ3v) is 4.03. The molecule has 140 valence electrons. The fourth-order valence-corrected chi connectivity index (χ4v) is 2.74. The number of rotatable bonds is 4. The summed E-state index contributed by atoms with van der Waals surface area (Å²) in [5.41, 5.74) is 2.76. The molecule has 0 aliphatic heterocycles. The predicted octanol–water partition coefficient (Wildman–Crippen LogP) is 2.87. The van der Waals surface area contributed by atoms with Crippen LogP contribution in [-0.4, -0.2) is 37.1 Å². The van der Waals surface area contributed by atoms with Crippen LogP contribution in [0, 0.1) is 0 Å². The van der Waals surface area contributed by atoms with Gasteiger partial charge in [-0.2, -0.15) is 5.10 Å². The van der Waals surface area contributed by atoms with Crippen molar-refractivity contribution < 1.29 is 14.7 Å². The maximum Gasteiger partial charge on any atom is 0.256 e.